The van der Waals surface area contributed by atoms with Crippen molar-refractivity contribution in [2.75, 3.05) is 0 Å². The molecule has 3 nitrogen and oxygen atoms in total. The minimum Gasteiger partial charge on any atom is -0.876 e. The Balaban J connectivity index is 0. The summed E-state index contributed by atoms with van der Waals surface area (Å²) in [6.45, 7) is 2.20. The number of hydrogen-bond acceptors (Lipinski definition) is 2. The predicted molar refractivity (Wildman–Crippen MR) is 86.0 cm³/mol. The Morgan fingerprint density at radius 1 is 0.864 bits per heavy atom. The quantitative estimate of drug-likeness (QED) is 0.284. The summed E-state index contributed by atoms with van der Waals surface area (Å²) in [5.41, 5.74) is 0. The van der Waals surface area contributed by atoms with Gasteiger partial charge in [0.25, 0.3) is 0 Å². The van der Waals surface area contributed by atoms with Crippen molar-refractivity contribution in [1.82, 2.24) is 0 Å². The van der Waals surface area contributed by atoms with Crippen LogP contribution in [0.3, 0.4) is 0 Å². The average Bonchev–Trinajstić information content (AvgIpc) is 2.45. The van der Waals surface area contributed by atoms with Crippen molar-refractivity contribution >= 4 is 5.97 Å². The minimum atomic E-state index is -0.695. The van der Waals surface area contributed by atoms with Crippen molar-refractivity contribution in [2.24, 2.45) is 0 Å². The summed E-state index contributed by atoms with van der Waals surface area (Å²) in [7, 11) is 0. The van der Waals surface area contributed by atoms with Crippen molar-refractivity contribution < 1.29 is 44.6 Å². The molecule has 0 aliphatic heterocycles. The first kappa shape index (κ1) is 24.3. The Bertz CT molecular complexity index is 278. The van der Waals surface area contributed by atoms with Crippen LogP contribution in [0.4, 0.5) is 0 Å². The van der Waals surface area contributed by atoms with Gasteiger partial charge < -0.3 is 10.2 Å². The molecule has 0 radical (unpaired) electrons. The van der Waals surface area contributed by atoms with E-state index in [0.29, 0.717) is 18.6 Å². The third-order valence-corrected chi connectivity index (χ3v) is 3.74. The van der Waals surface area contributed by atoms with Crippen molar-refractivity contribution in [1.29, 1.82) is 0 Å². The van der Waals surface area contributed by atoms with Gasteiger partial charge in [0.15, 0.2) is 0 Å². The molecule has 22 heavy (non-hydrogen) atoms. The third-order valence-electron chi connectivity index (χ3n) is 3.74. The Kier molecular flexibility index (Phi) is 21.0. The van der Waals surface area contributed by atoms with E-state index in [4.69, 9.17) is 5.11 Å². The molecule has 0 unspecified atom stereocenters. The molecule has 0 spiro atoms. The first-order valence-corrected chi connectivity index (χ1v) is 8.74. The van der Waals surface area contributed by atoms with E-state index >= 15 is 0 Å². The normalized spacial score (nSPS) is 11.2. The molecule has 0 saturated heterocycles. The second-order valence-corrected chi connectivity index (χ2v) is 5.89. The Labute approximate surface area is 158 Å². The van der Waals surface area contributed by atoms with E-state index in [1.165, 1.54) is 19.3 Å². The van der Waals surface area contributed by atoms with Crippen molar-refractivity contribution in [3.63, 3.8) is 0 Å². The number of hydrogen-bond donors (Lipinski definition) is 1. The van der Waals surface area contributed by atoms with Gasteiger partial charge in [-0.3, -0.25) is 4.79 Å². The SMILES string of the molecule is CCCCCC/C=C(\[O-])CCCCCCCCCC(=O)O.[Na+]. The first-order chi connectivity index (χ1) is 10.2. The molecular weight excluding hydrogens is 287 g/mol. The van der Waals surface area contributed by atoms with E-state index in [2.05, 4.69) is 6.92 Å². The van der Waals surface area contributed by atoms with E-state index in [1.54, 1.807) is 0 Å². The summed E-state index contributed by atoms with van der Waals surface area (Å²) < 4.78 is 0. The Morgan fingerprint density at radius 2 is 1.36 bits per heavy atom. The average molecular weight is 320 g/mol. The number of unbranched alkanes of at least 4 members (excludes halogenated alkanes) is 10. The largest absolute Gasteiger partial charge is 1.00 e. The Morgan fingerprint density at radius 3 is 1.91 bits per heavy atom. The second kappa shape index (κ2) is 19.1. The van der Waals surface area contributed by atoms with Crippen LogP contribution in [0.15, 0.2) is 11.8 Å². The summed E-state index contributed by atoms with van der Waals surface area (Å²) in [4.78, 5) is 10.3. The van der Waals surface area contributed by atoms with Gasteiger partial charge >= 0.3 is 35.5 Å². The van der Waals surface area contributed by atoms with Crippen molar-refractivity contribution in [3.05, 3.63) is 11.8 Å². The number of carboxylic acid groups (broad SMARTS) is 1. The number of carboxylic acids is 1. The zero-order valence-corrected chi connectivity index (χ0v) is 16.7. The summed E-state index contributed by atoms with van der Waals surface area (Å²) in [6.07, 6.45) is 16.1. The van der Waals surface area contributed by atoms with Crippen LogP contribution in [0.2, 0.25) is 0 Å². The molecule has 0 aliphatic carbocycles. The van der Waals surface area contributed by atoms with E-state index in [1.807, 2.05) is 6.08 Å². The van der Waals surface area contributed by atoms with Gasteiger partial charge in [0.1, 0.15) is 0 Å². The fourth-order valence-corrected chi connectivity index (χ4v) is 2.40. The van der Waals surface area contributed by atoms with Crippen molar-refractivity contribution in [2.45, 2.75) is 96.8 Å². The zero-order chi connectivity index (χ0) is 15.8. The van der Waals surface area contributed by atoms with Crippen LogP contribution in [0.5, 0.6) is 0 Å². The molecule has 0 amide bonds. The Hall–Kier alpha value is 0.0100. The van der Waals surface area contributed by atoms with Crippen LogP contribution >= 0.6 is 0 Å². The molecule has 1 N–H and O–H groups in total. The van der Waals surface area contributed by atoms with Crippen LogP contribution < -0.4 is 34.7 Å². The number of allylic oxidation sites excluding steroid dienone is 2. The molecule has 4 heteroatoms. The van der Waals surface area contributed by atoms with Crippen LogP contribution in [-0.2, 0) is 4.79 Å². The predicted octanol–water partition coefficient (Wildman–Crippen LogP) is 1.80. The monoisotopic (exact) mass is 320 g/mol. The summed E-state index contributed by atoms with van der Waals surface area (Å²) >= 11 is 0. The van der Waals surface area contributed by atoms with Gasteiger partial charge in [0.2, 0.25) is 0 Å². The molecule has 0 aromatic carbocycles. The van der Waals surface area contributed by atoms with E-state index in [0.717, 1.165) is 57.8 Å². The molecule has 124 valence electrons. The maximum Gasteiger partial charge on any atom is 1.00 e. The van der Waals surface area contributed by atoms with Crippen molar-refractivity contribution in [3.8, 4) is 0 Å². The van der Waals surface area contributed by atoms with Gasteiger partial charge in [-0.25, -0.2) is 0 Å². The molecule has 0 atom stereocenters. The molecule has 0 bridgehead atoms. The summed E-state index contributed by atoms with van der Waals surface area (Å²) in [5, 5.41) is 20.1. The van der Waals surface area contributed by atoms with E-state index < -0.39 is 5.97 Å². The van der Waals surface area contributed by atoms with Gasteiger partial charge in [-0.1, -0.05) is 70.8 Å². The van der Waals surface area contributed by atoms with E-state index in [-0.39, 0.29) is 29.6 Å². The number of carbonyl (C=O) groups is 1. The summed E-state index contributed by atoms with van der Waals surface area (Å²) in [5.74, 6) is -0.382. The van der Waals surface area contributed by atoms with Gasteiger partial charge in [-0.2, -0.15) is 0 Å². The van der Waals surface area contributed by atoms with Crippen LogP contribution in [0, 0.1) is 0 Å². The second-order valence-electron chi connectivity index (χ2n) is 5.89. The maximum atomic E-state index is 11.6. The minimum absolute atomic E-state index is 0. The fourth-order valence-electron chi connectivity index (χ4n) is 2.40. The topological polar surface area (TPSA) is 60.4 Å². The standard InChI is InChI=1S/C18H34O3.Na/c1-2-3-4-8-11-14-17(19)15-12-9-6-5-7-10-13-16-18(20)21;/h14,19H,2-13,15-16H2,1H3,(H,20,21);/q;+1/p-1/b17-14-;. The molecular formula is C18H33NaO3. The number of aliphatic carboxylic acids is 1. The molecule has 0 aliphatic rings. The fraction of sp³-hybridized carbons (Fsp3) is 0.833. The number of rotatable bonds is 15. The smallest absolute Gasteiger partial charge is 0.876 e. The molecule has 0 rings (SSSR count). The van der Waals surface area contributed by atoms with Gasteiger partial charge in [-0.05, 0) is 25.7 Å². The van der Waals surface area contributed by atoms with Gasteiger partial charge in [0, 0.05) is 6.42 Å². The van der Waals surface area contributed by atoms with Crippen LogP contribution in [0.25, 0.3) is 0 Å². The van der Waals surface area contributed by atoms with E-state index in [9.17, 15) is 9.90 Å². The van der Waals surface area contributed by atoms with Crippen LogP contribution in [-0.4, -0.2) is 11.1 Å². The van der Waals surface area contributed by atoms with Gasteiger partial charge in [-0.15, -0.1) is 5.76 Å². The zero-order valence-electron chi connectivity index (χ0n) is 14.7. The summed E-state index contributed by atoms with van der Waals surface area (Å²) in [6, 6.07) is 0. The molecule has 0 fully saturated rings. The first-order valence-electron chi connectivity index (χ1n) is 8.74. The molecule has 0 saturated carbocycles. The van der Waals surface area contributed by atoms with Crippen LogP contribution in [0.1, 0.15) is 96.8 Å². The molecule has 0 aromatic heterocycles. The molecule has 0 aromatic rings. The maximum absolute atomic E-state index is 11.6. The van der Waals surface area contributed by atoms with Gasteiger partial charge in [0.05, 0.1) is 0 Å². The third kappa shape index (κ3) is 20.0. The molecule has 0 heterocycles.